The van der Waals surface area contributed by atoms with E-state index in [1.165, 1.54) is 0 Å². The zero-order chi connectivity index (χ0) is 18.4. The van der Waals surface area contributed by atoms with E-state index in [0.29, 0.717) is 6.54 Å². The lowest BCUT2D eigenvalue weighted by atomic mass is 10.2. The molecule has 140 valence electrons. The normalized spacial score (nSPS) is 16.8. The highest BCUT2D eigenvalue weighted by Crippen LogP contribution is 2.20. The topological polar surface area (TPSA) is 57.7 Å². The molecule has 0 bridgehead atoms. The van der Waals surface area contributed by atoms with Gasteiger partial charge >= 0.3 is 0 Å². The van der Waals surface area contributed by atoms with Crippen LogP contribution in [0, 0.1) is 0 Å². The number of carbonyl (C=O) groups excluding carboxylic acids is 1. The molecule has 1 N–H and O–H groups in total. The first kappa shape index (κ1) is 18.7. The van der Waals surface area contributed by atoms with Crippen molar-refractivity contribution in [3.8, 4) is 5.75 Å². The third-order valence-electron chi connectivity index (χ3n) is 4.79. The Labute approximate surface area is 158 Å². The van der Waals surface area contributed by atoms with E-state index >= 15 is 0 Å². The average Bonchev–Trinajstić information content (AvgIpc) is 3.10. The minimum absolute atomic E-state index is 0.0543. The number of hydrogen-bond acceptors (Lipinski definition) is 6. The number of hydrogen-bond donors (Lipinski definition) is 1. The molecule has 2 aromatic rings. The van der Waals surface area contributed by atoms with Gasteiger partial charge in [-0.15, -0.1) is 11.3 Å². The average molecular weight is 375 g/mol. The summed E-state index contributed by atoms with van der Waals surface area (Å²) in [6.07, 6.45) is 2.88. The van der Waals surface area contributed by atoms with Crippen molar-refractivity contribution in [3.63, 3.8) is 0 Å². The summed E-state index contributed by atoms with van der Waals surface area (Å²) in [4.78, 5) is 21.6. The lowest BCUT2D eigenvalue weighted by Gasteiger charge is -2.27. The minimum atomic E-state index is -0.152. The first-order chi connectivity index (χ1) is 12.7. The van der Waals surface area contributed by atoms with Crippen molar-refractivity contribution in [2.24, 2.45) is 0 Å². The molecule has 1 atom stereocenters. The van der Waals surface area contributed by atoms with Crippen LogP contribution in [-0.4, -0.2) is 55.1 Å². The maximum absolute atomic E-state index is 12.6. The second-order valence-electron chi connectivity index (χ2n) is 6.40. The van der Waals surface area contributed by atoms with Gasteiger partial charge in [-0.05, 0) is 19.4 Å². The highest BCUT2D eigenvalue weighted by atomic mass is 32.1. The van der Waals surface area contributed by atoms with Gasteiger partial charge in [-0.1, -0.05) is 18.2 Å². The number of para-hydroxylation sites is 1. The number of thiazole rings is 1. The molecule has 0 unspecified atom stereocenters. The van der Waals surface area contributed by atoms with Crippen LogP contribution in [0.4, 0.5) is 5.13 Å². The molecule has 2 heterocycles. The molecule has 1 aromatic heterocycles. The smallest absolute Gasteiger partial charge is 0.237 e. The van der Waals surface area contributed by atoms with Crippen LogP contribution in [0.15, 0.2) is 35.8 Å². The summed E-state index contributed by atoms with van der Waals surface area (Å²) in [5.41, 5.74) is 0.987. The molecular weight excluding hydrogens is 348 g/mol. The number of benzene rings is 1. The molecule has 1 aromatic carbocycles. The van der Waals surface area contributed by atoms with Crippen LogP contribution >= 0.6 is 11.3 Å². The zero-order valence-electron chi connectivity index (χ0n) is 15.4. The SMILES string of the molecule is COc1ccccc1CNC(=O)[C@@H](C)N1CCCN(c2nccs2)CC1. The van der Waals surface area contributed by atoms with Gasteiger partial charge in [0, 0.05) is 49.9 Å². The third kappa shape index (κ3) is 4.53. The standard InChI is InChI=1S/C19H26N4O2S/c1-15(18(24)21-14-16-6-3-4-7-17(16)25-2)22-9-5-10-23(12-11-22)19-20-8-13-26-19/h3-4,6-8,13,15H,5,9-12,14H2,1-2H3,(H,21,24)/t15-/m1/s1. The van der Waals surface area contributed by atoms with Crippen molar-refractivity contribution >= 4 is 22.4 Å². The Balaban J connectivity index is 1.53. The van der Waals surface area contributed by atoms with Crippen molar-refractivity contribution < 1.29 is 9.53 Å². The van der Waals surface area contributed by atoms with Crippen molar-refractivity contribution in [1.82, 2.24) is 15.2 Å². The van der Waals surface area contributed by atoms with Crippen LogP contribution in [-0.2, 0) is 11.3 Å². The maximum Gasteiger partial charge on any atom is 0.237 e. The fourth-order valence-corrected chi connectivity index (χ4v) is 3.93. The highest BCUT2D eigenvalue weighted by Gasteiger charge is 2.24. The number of aromatic nitrogens is 1. The van der Waals surface area contributed by atoms with E-state index in [4.69, 9.17) is 4.74 Å². The van der Waals surface area contributed by atoms with Crippen LogP contribution < -0.4 is 15.0 Å². The molecule has 1 fully saturated rings. The molecule has 7 heteroatoms. The van der Waals surface area contributed by atoms with Crippen molar-refractivity contribution in [3.05, 3.63) is 41.4 Å². The Morgan fingerprint density at radius 3 is 2.92 bits per heavy atom. The van der Waals surface area contributed by atoms with Gasteiger partial charge < -0.3 is 15.0 Å². The maximum atomic E-state index is 12.6. The molecule has 0 saturated carbocycles. The summed E-state index contributed by atoms with van der Waals surface area (Å²) >= 11 is 1.67. The number of anilines is 1. The molecule has 1 amide bonds. The van der Waals surface area contributed by atoms with E-state index in [9.17, 15) is 4.79 Å². The predicted molar refractivity (Wildman–Crippen MR) is 105 cm³/mol. The second kappa shape index (κ2) is 9.00. The summed E-state index contributed by atoms with van der Waals surface area (Å²) in [6.45, 7) is 6.13. The quantitative estimate of drug-likeness (QED) is 0.841. The van der Waals surface area contributed by atoms with E-state index in [1.54, 1.807) is 18.4 Å². The Bertz CT molecular complexity index is 707. The zero-order valence-corrected chi connectivity index (χ0v) is 16.2. The highest BCUT2D eigenvalue weighted by molar-refractivity contribution is 7.13. The summed E-state index contributed by atoms with van der Waals surface area (Å²) < 4.78 is 5.35. The van der Waals surface area contributed by atoms with Gasteiger partial charge in [0.15, 0.2) is 5.13 Å². The molecule has 1 aliphatic rings. The summed E-state index contributed by atoms with van der Waals surface area (Å²) in [5.74, 6) is 0.855. The summed E-state index contributed by atoms with van der Waals surface area (Å²) in [6, 6.07) is 7.61. The largest absolute Gasteiger partial charge is 0.496 e. The number of methoxy groups -OCH3 is 1. The number of nitrogens with zero attached hydrogens (tertiary/aromatic N) is 3. The fraction of sp³-hybridized carbons (Fsp3) is 0.474. The predicted octanol–water partition coefficient (Wildman–Crippen LogP) is 2.37. The Hall–Kier alpha value is -2.12. The number of ether oxygens (including phenoxy) is 1. The molecule has 6 nitrogen and oxygen atoms in total. The van der Waals surface area contributed by atoms with Crippen molar-refractivity contribution in [1.29, 1.82) is 0 Å². The first-order valence-electron chi connectivity index (χ1n) is 8.97. The van der Waals surface area contributed by atoms with E-state index in [2.05, 4.69) is 20.1 Å². The molecule has 1 saturated heterocycles. The number of nitrogens with one attached hydrogen (secondary N) is 1. The molecule has 3 rings (SSSR count). The van der Waals surface area contributed by atoms with Gasteiger partial charge in [0.2, 0.25) is 5.91 Å². The van der Waals surface area contributed by atoms with E-state index in [0.717, 1.165) is 49.0 Å². The van der Waals surface area contributed by atoms with Crippen molar-refractivity contribution in [2.45, 2.75) is 25.9 Å². The van der Waals surface area contributed by atoms with Crippen LogP contribution in [0.3, 0.4) is 0 Å². The van der Waals surface area contributed by atoms with Gasteiger partial charge in [0.25, 0.3) is 0 Å². The van der Waals surface area contributed by atoms with Crippen molar-refractivity contribution in [2.75, 3.05) is 38.2 Å². The second-order valence-corrected chi connectivity index (χ2v) is 7.27. The van der Waals surface area contributed by atoms with Crippen LogP contribution in [0.2, 0.25) is 0 Å². The number of carbonyl (C=O) groups is 1. The first-order valence-corrected chi connectivity index (χ1v) is 9.85. The Kier molecular flexibility index (Phi) is 6.46. The molecule has 0 aliphatic carbocycles. The van der Waals surface area contributed by atoms with E-state index in [-0.39, 0.29) is 11.9 Å². The van der Waals surface area contributed by atoms with Gasteiger partial charge in [0.05, 0.1) is 13.2 Å². The van der Waals surface area contributed by atoms with E-state index < -0.39 is 0 Å². The minimum Gasteiger partial charge on any atom is -0.496 e. The third-order valence-corrected chi connectivity index (χ3v) is 5.63. The molecular formula is C19H26N4O2S. The Morgan fingerprint density at radius 1 is 1.31 bits per heavy atom. The lowest BCUT2D eigenvalue weighted by molar-refractivity contribution is -0.126. The fourth-order valence-electron chi connectivity index (χ4n) is 3.23. The molecule has 0 spiro atoms. The van der Waals surface area contributed by atoms with Gasteiger partial charge in [0.1, 0.15) is 5.75 Å². The molecule has 1 aliphatic heterocycles. The van der Waals surface area contributed by atoms with Crippen LogP contribution in [0.1, 0.15) is 18.9 Å². The number of rotatable bonds is 6. The Morgan fingerprint density at radius 2 is 2.15 bits per heavy atom. The van der Waals surface area contributed by atoms with Gasteiger partial charge in [-0.25, -0.2) is 4.98 Å². The van der Waals surface area contributed by atoms with Gasteiger partial charge in [-0.2, -0.15) is 0 Å². The lowest BCUT2D eigenvalue weighted by Crippen LogP contribution is -2.46. The summed E-state index contributed by atoms with van der Waals surface area (Å²) in [5, 5.41) is 6.12. The molecule has 26 heavy (non-hydrogen) atoms. The van der Waals surface area contributed by atoms with Gasteiger partial charge in [-0.3, -0.25) is 9.69 Å². The summed E-state index contributed by atoms with van der Waals surface area (Å²) in [7, 11) is 1.65. The molecule has 0 radical (unpaired) electrons. The van der Waals surface area contributed by atoms with E-state index in [1.807, 2.05) is 42.8 Å². The monoisotopic (exact) mass is 374 g/mol. The van der Waals surface area contributed by atoms with Crippen LogP contribution in [0.25, 0.3) is 0 Å². The number of amides is 1. The van der Waals surface area contributed by atoms with Crippen LogP contribution in [0.5, 0.6) is 5.75 Å².